The van der Waals surface area contributed by atoms with E-state index in [1.54, 1.807) is 4.90 Å². The number of carbonyl (C=O) groups excluding carboxylic acids is 3. The van der Waals surface area contributed by atoms with Crippen LogP contribution in [0.5, 0.6) is 0 Å². The highest BCUT2D eigenvalue weighted by Gasteiger charge is 2.51. The molecule has 0 atom stereocenters. The number of nitrogens with zero attached hydrogens (tertiary/aromatic N) is 6. The Morgan fingerprint density at radius 3 is 2.50 bits per heavy atom. The summed E-state index contributed by atoms with van der Waals surface area (Å²) in [4.78, 5) is 45.6. The minimum atomic E-state index is -0.900. The molecular formula is C26H33N7O3. The Hall–Kier alpha value is -3.61. The number of hydrogen-bond donors (Lipinski definition) is 1. The molecule has 4 amide bonds. The number of nitriles is 1. The van der Waals surface area contributed by atoms with Crippen LogP contribution in [0.25, 0.3) is 6.08 Å². The summed E-state index contributed by atoms with van der Waals surface area (Å²) in [5.74, 6) is 0.458. The van der Waals surface area contributed by atoms with Crippen LogP contribution in [0.4, 0.5) is 10.6 Å². The van der Waals surface area contributed by atoms with Crippen LogP contribution in [0, 0.1) is 16.7 Å². The van der Waals surface area contributed by atoms with Crippen molar-refractivity contribution in [1.29, 1.82) is 5.26 Å². The monoisotopic (exact) mass is 491 g/mol. The lowest BCUT2D eigenvalue weighted by Gasteiger charge is -2.43. The first-order chi connectivity index (χ1) is 17.0. The average molecular weight is 492 g/mol. The van der Waals surface area contributed by atoms with Gasteiger partial charge in [-0.15, -0.1) is 0 Å². The Morgan fingerprint density at radius 1 is 1.19 bits per heavy atom. The van der Waals surface area contributed by atoms with Crippen molar-refractivity contribution in [3.05, 3.63) is 28.6 Å². The Bertz CT molecular complexity index is 1200. The van der Waals surface area contributed by atoms with Crippen LogP contribution in [-0.2, 0) is 22.4 Å². The molecule has 36 heavy (non-hydrogen) atoms. The van der Waals surface area contributed by atoms with E-state index in [9.17, 15) is 19.6 Å². The number of hydrazine groups is 1. The van der Waals surface area contributed by atoms with E-state index in [0.29, 0.717) is 38.2 Å². The maximum Gasteiger partial charge on any atom is 0.324 e. The second-order valence-corrected chi connectivity index (χ2v) is 11.4. The normalized spacial score (nSPS) is 20.5. The first-order valence-corrected chi connectivity index (χ1v) is 12.6. The van der Waals surface area contributed by atoms with Gasteiger partial charge in [-0.05, 0) is 54.7 Å². The van der Waals surface area contributed by atoms with Crippen molar-refractivity contribution in [1.82, 2.24) is 25.1 Å². The number of anilines is 1. The Labute approximate surface area is 211 Å². The highest BCUT2D eigenvalue weighted by molar-refractivity contribution is 6.06. The van der Waals surface area contributed by atoms with Gasteiger partial charge in [-0.25, -0.2) is 9.78 Å². The number of rotatable bonds is 3. The van der Waals surface area contributed by atoms with Crippen LogP contribution >= 0.6 is 0 Å². The molecule has 2 saturated heterocycles. The van der Waals surface area contributed by atoms with Crippen LogP contribution in [0.2, 0.25) is 0 Å². The molecular weight excluding hydrogens is 458 g/mol. The zero-order valence-corrected chi connectivity index (χ0v) is 21.4. The average Bonchev–Trinajstić information content (AvgIpc) is 3.40. The molecule has 0 saturated carbocycles. The number of nitrogens with one attached hydrogen (secondary N) is 1. The van der Waals surface area contributed by atoms with Gasteiger partial charge in [0.2, 0.25) is 5.91 Å². The largest absolute Gasteiger partial charge is 0.341 e. The van der Waals surface area contributed by atoms with Crippen LogP contribution in [-0.4, -0.2) is 76.4 Å². The Balaban J connectivity index is 1.36. The molecule has 1 N–H and O–H groups in total. The summed E-state index contributed by atoms with van der Waals surface area (Å²) >= 11 is 0. The molecule has 190 valence electrons. The Morgan fingerprint density at radius 2 is 1.89 bits per heavy atom. The van der Waals surface area contributed by atoms with Crippen molar-refractivity contribution in [2.24, 2.45) is 5.41 Å². The minimum absolute atomic E-state index is 0.0522. The molecule has 0 aromatic carbocycles. The molecule has 4 aliphatic rings. The minimum Gasteiger partial charge on any atom is -0.341 e. The van der Waals surface area contributed by atoms with Crippen molar-refractivity contribution < 1.29 is 14.4 Å². The summed E-state index contributed by atoms with van der Waals surface area (Å²) in [5, 5.41) is 16.5. The van der Waals surface area contributed by atoms with E-state index in [0.717, 1.165) is 41.1 Å². The Kier molecular flexibility index (Phi) is 5.69. The number of urea groups is 1. The predicted molar refractivity (Wildman–Crippen MR) is 133 cm³/mol. The third kappa shape index (κ3) is 3.96. The van der Waals surface area contributed by atoms with E-state index >= 15 is 0 Å². The van der Waals surface area contributed by atoms with Crippen molar-refractivity contribution >= 4 is 29.7 Å². The van der Waals surface area contributed by atoms with E-state index in [1.165, 1.54) is 12.6 Å². The molecule has 3 aliphatic heterocycles. The van der Waals surface area contributed by atoms with Crippen LogP contribution in [0.1, 0.15) is 62.4 Å². The third-order valence-corrected chi connectivity index (χ3v) is 7.62. The second-order valence-electron chi connectivity index (χ2n) is 11.4. The molecule has 4 heterocycles. The molecule has 1 aromatic heterocycles. The van der Waals surface area contributed by atoms with Gasteiger partial charge in [0.15, 0.2) is 5.82 Å². The summed E-state index contributed by atoms with van der Waals surface area (Å²) in [6.07, 6.45) is 7.60. The fourth-order valence-corrected chi connectivity index (χ4v) is 5.72. The number of likely N-dealkylation sites (tertiary alicyclic amines) is 1. The lowest BCUT2D eigenvalue weighted by atomic mass is 9.87. The smallest absolute Gasteiger partial charge is 0.324 e. The summed E-state index contributed by atoms with van der Waals surface area (Å²) in [6.45, 7) is 7.96. The van der Waals surface area contributed by atoms with E-state index < -0.39 is 5.54 Å². The standard InChI is InChI=1S/C26H33N7O3/c1-25(2,3)16-33-22-19(17-6-5-7-18(17)20(14-27)28-22)8-11-32(33)15-21(34)31-12-9-26(10-13-31)23(35)30(4)24(36)29-26/h8,11H,5-7,9-10,12-13,15-16H2,1-4H3,(H,29,36). The molecule has 0 unspecified atom stereocenters. The number of fused-ring (bicyclic) bond motifs is 3. The summed E-state index contributed by atoms with van der Waals surface area (Å²) in [7, 11) is 1.48. The number of imide groups is 1. The van der Waals surface area contributed by atoms with Gasteiger partial charge in [-0.3, -0.25) is 24.5 Å². The SMILES string of the molecule is CN1C(=O)NC2(CCN(C(=O)CN3C=Cc4c(nc(C#N)c5c4CCC5)N3CC(C)(C)C)CC2)C1=O. The maximum absolute atomic E-state index is 13.4. The van der Waals surface area contributed by atoms with Crippen LogP contribution in [0.15, 0.2) is 6.20 Å². The van der Waals surface area contributed by atoms with Crippen molar-refractivity contribution in [2.75, 3.05) is 38.2 Å². The van der Waals surface area contributed by atoms with E-state index in [-0.39, 0.29) is 29.8 Å². The molecule has 1 aromatic rings. The zero-order chi connectivity index (χ0) is 25.8. The van der Waals surface area contributed by atoms with Crippen molar-refractivity contribution in [2.45, 2.75) is 58.4 Å². The van der Waals surface area contributed by atoms with Gasteiger partial charge in [-0.1, -0.05) is 20.8 Å². The van der Waals surface area contributed by atoms with Gasteiger partial charge in [0.25, 0.3) is 5.91 Å². The summed E-state index contributed by atoms with van der Waals surface area (Å²) < 4.78 is 0. The van der Waals surface area contributed by atoms with Gasteiger partial charge in [-0.2, -0.15) is 5.26 Å². The first-order valence-electron chi connectivity index (χ1n) is 12.6. The molecule has 10 heteroatoms. The molecule has 5 rings (SSSR count). The molecule has 1 spiro atoms. The highest BCUT2D eigenvalue weighted by Crippen LogP contribution is 2.38. The van der Waals surface area contributed by atoms with Gasteiger partial charge >= 0.3 is 6.03 Å². The lowest BCUT2D eigenvalue weighted by molar-refractivity contribution is -0.138. The van der Waals surface area contributed by atoms with E-state index in [1.807, 2.05) is 22.3 Å². The highest BCUT2D eigenvalue weighted by atomic mass is 16.2. The van der Waals surface area contributed by atoms with Gasteiger partial charge in [0, 0.05) is 38.4 Å². The molecule has 10 nitrogen and oxygen atoms in total. The number of carbonyl (C=O) groups is 3. The third-order valence-electron chi connectivity index (χ3n) is 7.62. The number of amides is 4. The predicted octanol–water partition coefficient (Wildman–Crippen LogP) is 2.04. The quantitative estimate of drug-likeness (QED) is 0.644. The fraction of sp³-hybridized carbons (Fsp3) is 0.577. The van der Waals surface area contributed by atoms with Crippen LogP contribution in [0.3, 0.4) is 0 Å². The lowest BCUT2D eigenvalue weighted by Crippen LogP contribution is -2.57. The topological polar surface area (TPSA) is 113 Å². The van der Waals surface area contributed by atoms with Crippen LogP contribution < -0.4 is 10.3 Å². The van der Waals surface area contributed by atoms with Gasteiger partial charge in [0.1, 0.15) is 23.8 Å². The number of pyridine rings is 1. The second kappa shape index (κ2) is 8.50. The zero-order valence-electron chi connectivity index (χ0n) is 21.4. The maximum atomic E-state index is 13.4. The van der Waals surface area contributed by atoms with E-state index in [2.05, 4.69) is 32.2 Å². The number of likely N-dealkylation sites (N-methyl/N-ethyl adjacent to an activating group) is 1. The summed E-state index contributed by atoms with van der Waals surface area (Å²) in [6, 6.07) is 1.90. The number of hydrogen-bond acceptors (Lipinski definition) is 7. The van der Waals surface area contributed by atoms with E-state index in [4.69, 9.17) is 4.98 Å². The van der Waals surface area contributed by atoms with Crippen molar-refractivity contribution in [3.8, 4) is 6.07 Å². The number of piperidine rings is 1. The fourth-order valence-electron chi connectivity index (χ4n) is 5.72. The molecule has 1 aliphatic carbocycles. The number of aromatic nitrogens is 1. The van der Waals surface area contributed by atoms with Gasteiger partial charge in [0.05, 0.1) is 0 Å². The first kappa shape index (κ1) is 24.1. The summed E-state index contributed by atoms with van der Waals surface area (Å²) in [5.41, 5.74) is 2.81. The van der Waals surface area contributed by atoms with Gasteiger partial charge < -0.3 is 10.2 Å². The molecule has 2 fully saturated rings. The molecule has 0 radical (unpaired) electrons. The molecule has 0 bridgehead atoms. The van der Waals surface area contributed by atoms with Crippen molar-refractivity contribution in [3.63, 3.8) is 0 Å².